The van der Waals surface area contributed by atoms with Crippen LogP contribution in [0.25, 0.3) is 0 Å². The largest absolute Gasteiger partial charge is 0.455 e. The number of amides is 1. The molecule has 4 rings (SSSR count). The summed E-state index contributed by atoms with van der Waals surface area (Å²) >= 11 is 13.8. The van der Waals surface area contributed by atoms with Crippen molar-refractivity contribution in [3.05, 3.63) is 69.9 Å². The summed E-state index contributed by atoms with van der Waals surface area (Å²) < 4.78 is 7.78. The van der Waals surface area contributed by atoms with E-state index >= 15 is 0 Å². The summed E-state index contributed by atoms with van der Waals surface area (Å²) in [4.78, 5) is 19.2. The molecule has 1 amide bonds. The molecule has 1 saturated heterocycles. The Balaban J connectivity index is 1.47. The zero-order valence-electron chi connectivity index (χ0n) is 15.3. The van der Waals surface area contributed by atoms with Crippen LogP contribution in [0.4, 0.5) is 0 Å². The Morgan fingerprint density at radius 2 is 2.14 bits per heavy atom. The van der Waals surface area contributed by atoms with Crippen LogP contribution in [0, 0.1) is 0 Å². The standard InChI is InChI=1S/C20H19Cl2N3O2S/c1-24-10-8-23-20(24)28-12-14-5-7-18(27-14)19(26)25-9-2-3-17(25)13-4-6-15(21)16(22)11-13/h4-8,10-11,17H,2-3,9,12H2,1H3. The van der Waals surface area contributed by atoms with Gasteiger partial charge in [0.25, 0.3) is 5.91 Å². The molecule has 2 aromatic heterocycles. The molecule has 0 radical (unpaired) electrons. The topological polar surface area (TPSA) is 51.3 Å². The highest BCUT2D eigenvalue weighted by Crippen LogP contribution is 2.36. The van der Waals surface area contributed by atoms with Crippen LogP contribution in [0.15, 0.2) is 52.3 Å². The van der Waals surface area contributed by atoms with Gasteiger partial charge in [0.1, 0.15) is 5.76 Å². The van der Waals surface area contributed by atoms with Gasteiger partial charge in [-0.2, -0.15) is 0 Å². The number of imidazole rings is 1. The normalized spacial score (nSPS) is 16.7. The third-order valence-electron chi connectivity index (χ3n) is 4.84. The zero-order valence-corrected chi connectivity index (χ0v) is 17.6. The van der Waals surface area contributed by atoms with Gasteiger partial charge in [0, 0.05) is 26.0 Å². The third kappa shape index (κ3) is 3.95. The molecule has 0 saturated carbocycles. The number of aryl methyl sites for hydroxylation is 1. The first kappa shape index (κ1) is 19.4. The minimum atomic E-state index is -0.0955. The summed E-state index contributed by atoms with van der Waals surface area (Å²) in [6.45, 7) is 0.696. The van der Waals surface area contributed by atoms with E-state index in [1.807, 2.05) is 40.9 Å². The van der Waals surface area contributed by atoms with Crippen molar-refractivity contribution in [2.24, 2.45) is 7.05 Å². The van der Waals surface area contributed by atoms with Crippen molar-refractivity contribution in [3.63, 3.8) is 0 Å². The van der Waals surface area contributed by atoms with Crippen molar-refractivity contribution in [2.75, 3.05) is 6.54 Å². The average Bonchev–Trinajstić information content (AvgIpc) is 3.42. The van der Waals surface area contributed by atoms with Gasteiger partial charge in [-0.1, -0.05) is 41.0 Å². The number of hydrogen-bond donors (Lipinski definition) is 0. The van der Waals surface area contributed by atoms with Gasteiger partial charge in [-0.05, 0) is 42.7 Å². The molecule has 5 nitrogen and oxygen atoms in total. The second kappa shape index (κ2) is 8.23. The predicted octanol–water partition coefficient (Wildman–Crippen LogP) is 5.59. The Kier molecular flexibility index (Phi) is 5.71. The van der Waals surface area contributed by atoms with Gasteiger partial charge < -0.3 is 13.9 Å². The predicted molar refractivity (Wildman–Crippen MR) is 111 cm³/mol. The zero-order chi connectivity index (χ0) is 19.7. The minimum Gasteiger partial charge on any atom is -0.455 e. The highest BCUT2D eigenvalue weighted by molar-refractivity contribution is 7.98. The summed E-state index contributed by atoms with van der Waals surface area (Å²) in [5.74, 6) is 1.64. The number of nitrogens with zero attached hydrogens (tertiary/aromatic N) is 3. The summed E-state index contributed by atoms with van der Waals surface area (Å²) in [7, 11) is 1.95. The molecule has 0 spiro atoms. The van der Waals surface area contributed by atoms with E-state index in [9.17, 15) is 4.79 Å². The minimum absolute atomic E-state index is 0.0160. The van der Waals surface area contributed by atoms with E-state index in [2.05, 4.69) is 4.98 Å². The molecule has 1 unspecified atom stereocenters. The number of thioether (sulfide) groups is 1. The highest BCUT2D eigenvalue weighted by Gasteiger charge is 2.32. The van der Waals surface area contributed by atoms with Gasteiger partial charge >= 0.3 is 0 Å². The molecule has 1 aliphatic rings. The smallest absolute Gasteiger partial charge is 0.290 e. The molecule has 146 valence electrons. The molecule has 1 atom stereocenters. The fourth-order valence-electron chi connectivity index (χ4n) is 3.41. The second-order valence-corrected chi connectivity index (χ2v) is 8.46. The first-order valence-corrected chi connectivity index (χ1v) is 10.7. The number of carbonyl (C=O) groups is 1. The summed E-state index contributed by atoms with van der Waals surface area (Å²) in [5.41, 5.74) is 0.998. The van der Waals surface area contributed by atoms with Crippen LogP contribution in [-0.4, -0.2) is 26.9 Å². The Morgan fingerprint density at radius 1 is 1.29 bits per heavy atom. The Morgan fingerprint density at radius 3 is 2.89 bits per heavy atom. The van der Waals surface area contributed by atoms with Gasteiger partial charge in [-0.3, -0.25) is 4.79 Å². The fraction of sp³-hybridized carbons (Fsp3) is 0.300. The number of furan rings is 1. The van der Waals surface area contributed by atoms with Crippen LogP contribution in [-0.2, 0) is 12.8 Å². The summed E-state index contributed by atoms with van der Waals surface area (Å²) in [6.07, 6.45) is 5.50. The number of halogens is 2. The van der Waals surface area contributed by atoms with Crippen LogP contribution in [0.3, 0.4) is 0 Å². The van der Waals surface area contributed by atoms with E-state index in [1.54, 1.807) is 30.1 Å². The molecule has 1 aliphatic heterocycles. The Hall–Kier alpha value is -1.89. The molecule has 28 heavy (non-hydrogen) atoms. The Bertz CT molecular complexity index is 1000. The molecule has 0 aliphatic carbocycles. The monoisotopic (exact) mass is 435 g/mol. The first-order chi connectivity index (χ1) is 13.5. The Labute approximate surface area is 177 Å². The van der Waals surface area contributed by atoms with E-state index in [0.717, 1.165) is 29.3 Å². The van der Waals surface area contributed by atoms with Gasteiger partial charge in [-0.15, -0.1) is 0 Å². The van der Waals surface area contributed by atoms with Crippen LogP contribution in [0.1, 0.15) is 40.8 Å². The van der Waals surface area contributed by atoms with E-state index in [4.69, 9.17) is 27.6 Å². The number of carbonyl (C=O) groups excluding carboxylic acids is 1. The highest BCUT2D eigenvalue weighted by atomic mass is 35.5. The summed E-state index contributed by atoms with van der Waals surface area (Å²) in [6, 6.07) is 9.14. The number of hydrogen-bond acceptors (Lipinski definition) is 4. The first-order valence-electron chi connectivity index (χ1n) is 8.97. The van der Waals surface area contributed by atoms with E-state index < -0.39 is 0 Å². The molecule has 0 N–H and O–H groups in total. The average molecular weight is 436 g/mol. The second-order valence-electron chi connectivity index (χ2n) is 6.71. The number of likely N-dealkylation sites (tertiary alicyclic amines) is 1. The van der Waals surface area contributed by atoms with Crippen molar-refractivity contribution >= 4 is 40.9 Å². The molecule has 0 bridgehead atoms. The van der Waals surface area contributed by atoms with Crippen molar-refractivity contribution in [2.45, 2.75) is 29.8 Å². The lowest BCUT2D eigenvalue weighted by molar-refractivity contribution is 0.0702. The van der Waals surface area contributed by atoms with Crippen LogP contribution in [0.5, 0.6) is 0 Å². The van der Waals surface area contributed by atoms with Gasteiger partial charge in [0.2, 0.25) is 0 Å². The van der Waals surface area contributed by atoms with Crippen molar-refractivity contribution in [3.8, 4) is 0 Å². The van der Waals surface area contributed by atoms with Gasteiger partial charge in [0.05, 0.1) is 21.8 Å². The quantitative estimate of drug-likeness (QED) is 0.490. The number of rotatable bonds is 5. The maximum Gasteiger partial charge on any atom is 0.290 e. The number of aromatic nitrogens is 2. The molecule has 1 aromatic carbocycles. The lowest BCUT2D eigenvalue weighted by Gasteiger charge is -2.24. The van der Waals surface area contributed by atoms with Crippen LogP contribution < -0.4 is 0 Å². The molecule has 3 aromatic rings. The summed E-state index contributed by atoms with van der Waals surface area (Å²) in [5, 5.41) is 1.93. The maximum atomic E-state index is 13.0. The maximum absolute atomic E-state index is 13.0. The van der Waals surface area contributed by atoms with Gasteiger partial charge in [0.15, 0.2) is 10.9 Å². The lowest BCUT2D eigenvalue weighted by atomic mass is 10.0. The lowest BCUT2D eigenvalue weighted by Crippen LogP contribution is -2.30. The van der Waals surface area contributed by atoms with Crippen molar-refractivity contribution in [1.29, 1.82) is 0 Å². The van der Waals surface area contributed by atoms with E-state index in [0.29, 0.717) is 28.1 Å². The fourth-order valence-corrected chi connectivity index (χ4v) is 4.55. The van der Waals surface area contributed by atoms with Gasteiger partial charge in [-0.25, -0.2) is 4.98 Å². The molecule has 1 fully saturated rings. The third-order valence-corrected chi connectivity index (χ3v) is 6.65. The molecular weight excluding hydrogens is 417 g/mol. The van der Waals surface area contributed by atoms with E-state index in [1.165, 1.54) is 0 Å². The number of benzene rings is 1. The SMILES string of the molecule is Cn1ccnc1SCc1ccc(C(=O)N2CCCC2c2ccc(Cl)c(Cl)c2)o1. The van der Waals surface area contributed by atoms with E-state index in [-0.39, 0.29) is 11.9 Å². The van der Waals surface area contributed by atoms with Crippen LogP contribution in [0.2, 0.25) is 10.0 Å². The molecule has 3 heterocycles. The molecular formula is C20H19Cl2N3O2S. The molecule has 8 heteroatoms. The van der Waals surface area contributed by atoms with Crippen molar-refractivity contribution in [1.82, 2.24) is 14.5 Å². The van der Waals surface area contributed by atoms with Crippen molar-refractivity contribution < 1.29 is 9.21 Å². The van der Waals surface area contributed by atoms with Crippen LogP contribution >= 0.6 is 35.0 Å².